The van der Waals surface area contributed by atoms with Crippen LogP contribution in [0.3, 0.4) is 0 Å². The predicted octanol–water partition coefficient (Wildman–Crippen LogP) is 14.6. The number of carbonyl (C=O) groups excluding carboxylic acids is 3. The molecule has 0 bridgehead atoms. The van der Waals surface area contributed by atoms with Gasteiger partial charge in [-0.05, 0) is 31.1 Å². The lowest BCUT2D eigenvalue weighted by Crippen LogP contribution is -2.30. The molecule has 0 aliphatic rings. The van der Waals surface area contributed by atoms with Crippen molar-refractivity contribution in [2.75, 3.05) is 13.2 Å². The van der Waals surface area contributed by atoms with Gasteiger partial charge in [0, 0.05) is 19.3 Å². The molecule has 0 amide bonds. The summed E-state index contributed by atoms with van der Waals surface area (Å²) < 4.78 is 16.7. The molecular formula is C47H90O6. The van der Waals surface area contributed by atoms with E-state index >= 15 is 0 Å². The van der Waals surface area contributed by atoms with Crippen LogP contribution in [0.1, 0.15) is 253 Å². The van der Waals surface area contributed by atoms with E-state index in [1.54, 1.807) is 0 Å². The summed E-state index contributed by atoms with van der Waals surface area (Å²) in [5.74, 6) is 0.812. The maximum atomic E-state index is 12.7. The Morgan fingerprint density at radius 3 is 1.08 bits per heavy atom. The fourth-order valence-electron chi connectivity index (χ4n) is 6.90. The van der Waals surface area contributed by atoms with Crippen molar-refractivity contribution in [2.45, 2.75) is 259 Å². The molecule has 1 unspecified atom stereocenters. The highest BCUT2D eigenvalue weighted by atomic mass is 16.6. The molecule has 0 rings (SSSR count). The molecule has 0 aromatic rings. The molecule has 0 saturated heterocycles. The van der Waals surface area contributed by atoms with E-state index in [1.807, 2.05) is 0 Å². The van der Waals surface area contributed by atoms with Gasteiger partial charge in [-0.2, -0.15) is 0 Å². The number of carbonyl (C=O) groups is 3. The molecule has 0 saturated carbocycles. The number of unbranched alkanes of at least 4 members (excludes halogenated alkanes) is 25. The average Bonchev–Trinajstić information content (AvgIpc) is 3.14. The summed E-state index contributed by atoms with van der Waals surface area (Å²) >= 11 is 0. The maximum Gasteiger partial charge on any atom is 0.306 e. The Morgan fingerprint density at radius 1 is 0.396 bits per heavy atom. The van der Waals surface area contributed by atoms with Crippen LogP contribution in [0, 0.1) is 11.8 Å². The van der Waals surface area contributed by atoms with E-state index in [2.05, 4.69) is 34.6 Å². The largest absolute Gasteiger partial charge is 0.462 e. The summed E-state index contributed by atoms with van der Waals surface area (Å²) in [6, 6.07) is 0. The van der Waals surface area contributed by atoms with Crippen molar-refractivity contribution in [3.63, 3.8) is 0 Å². The van der Waals surface area contributed by atoms with Gasteiger partial charge in [0.2, 0.25) is 0 Å². The molecule has 0 aromatic carbocycles. The summed E-state index contributed by atoms with van der Waals surface area (Å²) in [7, 11) is 0. The van der Waals surface area contributed by atoms with Gasteiger partial charge in [-0.1, -0.05) is 214 Å². The number of hydrogen-bond acceptors (Lipinski definition) is 6. The first-order valence-electron chi connectivity index (χ1n) is 23.3. The van der Waals surface area contributed by atoms with Crippen molar-refractivity contribution in [1.29, 1.82) is 0 Å². The van der Waals surface area contributed by atoms with Crippen molar-refractivity contribution in [2.24, 2.45) is 11.8 Å². The number of ether oxygens (including phenoxy) is 3. The molecule has 0 aliphatic carbocycles. The second kappa shape index (κ2) is 40.1. The highest BCUT2D eigenvalue weighted by Crippen LogP contribution is 2.17. The Labute approximate surface area is 329 Å². The van der Waals surface area contributed by atoms with E-state index in [4.69, 9.17) is 14.2 Å². The first kappa shape index (κ1) is 51.4. The molecule has 0 N–H and O–H groups in total. The van der Waals surface area contributed by atoms with Crippen LogP contribution in [0.25, 0.3) is 0 Å². The molecule has 6 heteroatoms. The van der Waals surface area contributed by atoms with Crippen LogP contribution in [-0.4, -0.2) is 37.2 Å². The zero-order chi connectivity index (χ0) is 39.0. The van der Waals surface area contributed by atoms with Crippen LogP contribution in [0.4, 0.5) is 0 Å². The van der Waals surface area contributed by atoms with Crippen LogP contribution in [0.5, 0.6) is 0 Å². The SMILES string of the molecule is CCCCCCCCCCCC(=O)OC[C@H](COC(=O)CCCCCCCCCCCCCC(C)C)OC(=O)CCCCCCCCCCC(C)CC. The Hall–Kier alpha value is -1.59. The lowest BCUT2D eigenvalue weighted by Gasteiger charge is -2.18. The maximum absolute atomic E-state index is 12.7. The van der Waals surface area contributed by atoms with E-state index in [1.165, 1.54) is 141 Å². The van der Waals surface area contributed by atoms with Crippen LogP contribution >= 0.6 is 0 Å². The van der Waals surface area contributed by atoms with E-state index in [9.17, 15) is 14.4 Å². The summed E-state index contributed by atoms with van der Waals surface area (Å²) in [4.78, 5) is 37.7. The van der Waals surface area contributed by atoms with Gasteiger partial charge in [0.1, 0.15) is 13.2 Å². The van der Waals surface area contributed by atoms with Crippen LogP contribution in [0.15, 0.2) is 0 Å². The van der Waals surface area contributed by atoms with Gasteiger partial charge >= 0.3 is 17.9 Å². The van der Waals surface area contributed by atoms with Crippen molar-refractivity contribution < 1.29 is 28.6 Å². The summed E-state index contributed by atoms with van der Waals surface area (Å²) in [6.07, 6.45) is 38.0. The summed E-state index contributed by atoms with van der Waals surface area (Å²) in [6.45, 7) is 11.3. The number of esters is 3. The van der Waals surface area contributed by atoms with Gasteiger partial charge in [0.25, 0.3) is 0 Å². The average molecular weight is 751 g/mol. The molecule has 0 fully saturated rings. The minimum atomic E-state index is -0.760. The second-order valence-electron chi connectivity index (χ2n) is 16.8. The predicted molar refractivity (Wildman–Crippen MR) is 224 cm³/mol. The van der Waals surface area contributed by atoms with E-state index in [0.717, 1.165) is 69.6 Å². The van der Waals surface area contributed by atoms with Crippen molar-refractivity contribution in [3.8, 4) is 0 Å². The highest BCUT2D eigenvalue weighted by Gasteiger charge is 2.19. The number of rotatable bonds is 41. The lowest BCUT2D eigenvalue weighted by atomic mass is 9.99. The van der Waals surface area contributed by atoms with Crippen molar-refractivity contribution in [3.05, 3.63) is 0 Å². The molecule has 53 heavy (non-hydrogen) atoms. The molecule has 6 nitrogen and oxygen atoms in total. The molecular weight excluding hydrogens is 661 g/mol. The third kappa shape index (κ3) is 39.9. The Kier molecular flexibility index (Phi) is 38.9. The smallest absolute Gasteiger partial charge is 0.306 e. The molecule has 0 spiro atoms. The molecule has 0 radical (unpaired) electrons. The third-order valence-electron chi connectivity index (χ3n) is 10.8. The quantitative estimate of drug-likeness (QED) is 0.0352. The zero-order valence-corrected chi connectivity index (χ0v) is 36.1. The second-order valence-corrected chi connectivity index (χ2v) is 16.8. The van der Waals surface area contributed by atoms with Gasteiger partial charge in [-0.3, -0.25) is 14.4 Å². The highest BCUT2D eigenvalue weighted by molar-refractivity contribution is 5.71. The van der Waals surface area contributed by atoms with E-state index in [0.29, 0.717) is 19.3 Å². The standard InChI is InChI=1S/C47H90O6/c1-6-8-9-10-11-15-22-27-32-37-45(48)51-40-44(53-47(50)39-34-29-24-19-18-21-26-31-36-43(5)7-2)41-52-46(49)38-33-28-23-17-14-12-13-16-20-25-30-35-42(3)4/h42-44H,6-41H2,1-5H3/t43?,44-/m1/s1. The van der Waals surface area contributed by atoms with Crippen molar-refractivity contribution in [1.82, 2.24) is 0 Å². The minimum absolute atomic E-state index is 0.0651. The van der Waals surface area contributed by atoms with E-state index < -0.39 is 6.10 Å². The molecule has 314 valence electrons. The van der Waals surface area contributed by atoms with E-state index in [-0.39, 0.29) is 31.1 Å². The molecule has 2 atom stereocenters. The molecule has 0 aromatic heterocycles. The fraction of sp³-hybridized carbons (Fsp3) is 0.936. The first-order valence-corrected chi connectivity index (χ1v) is 23.3. The summed E-state index contributed by atoms with van der Waals surface area (Å²) in [5.41, 5.74) is 0. The fourth-order valence-corrected chi connectivity index (χ4v) is 6.90. The Bertz CT molecular complexity index is 811. The zero-order valence-electron chi connectivity index (χ0n) is 36.1. The third-order valence-corrected chi connectivity index (χ3v) is 10.8. The van der Waals surface area contributed by atoms with Crippen LogP contribution in [0.2, 0.25) is 0 Å². The summed E-state index contributed by atoms with van der Waals surface area (Å²) in [5, 5.41) is 0. The first-order chi connectivity index (χ1) is 25.8. The van der Waals surface area contributed by atoms with Crippen molar-refractivity contribution >= 4 is 17.9 Å². The number of hydrogen-bond donors (Lipinski definition) is 0. The van der Waals surface area contributed by atoms with Gasteiger partial charge in [-0.25, -0.2) is 0 Å². The van der Waals surface area contributed by atoms with Crippen LogP contribution in [-0.2, 0) is 28.6 Å². The van der Waals surface area contributed by atoms with Gasteiger partial charge < -0.3 is 14.2 Å². The van der Waals surface area contributed by atoms with Crippen LogP contribution < -0.4 is 0 Å². The minimum Gasteiger partial charge on any atom is -0.462 e. The molecule has 0 aliphatic heterocycles. The van der Waals surface area contributed by atoms with Gasteiger partial charge in [0.15, 0.2) is 6.10 Å². The van der Waals surface area contributed by atoms with Gasteiger partial charge in [0.05, 0.1) is 0 Å². The molecule has 0 heterocycles. The Balaban J connectivity index is 4.32. The lowest BCUT2D eigenvalue weighted by molar-refractivity contribution is -0.167. The van der Waals surface area contributed by atoms with Gasteiger partial charge in [-0.15, -0.1) is 0 Å². The Morgan fingerprint density at radius 2 is 0.717 bits per heavy atom. The topological polar surface area (TPSA) is 78.9 Å². The normalized spacial score (nSPS) is 12.6. The monoisotopic (exact) mass is 751 g/mol.